The molecule has 1 fully saturated rings. The number of anilines is 1. The van der Waals surface area contributed by atoms with Gasteiger partial charge in [0.1, 0.15) is 5.75 Å². The van der Waals surface area contributed by atoms with Crippen LogP contribution >= 0.6 is 0 Å². The van der Waals surface area contributed by atoms with Gasteiger partial charge in [-0.2, -0.15) is 0 Å². The second-order valence-corrected chi connectivity index (χ2v) is 4.92. The maximum atomic E-state index is 11.9. The molecule has 0 spiro atoms. The third-order valence-electron chi connectivity index (χ3n) is 2.94. The predicted molar refractivity (Wildman–Crippen MR) is 67.4 cm³/mol. The molecule has 1 aromatic rings. The van der Waals surface area contributed by atoms with Crippen LogP contribution in [0.5, 0.6) is 5.75 Å². The van der Waals surface area contributed by atoms with E-state index in [0.717, 1.165) is 11.4 Å². The number of ether oxygens (including phenoxy) is 1. The normalized spacial score (nSPS) is 19.2. The van der Waals surface area contributed by atoms with Gasteiger partial charge in [0.05, 0.1) is 13.7 Å². The van der Waals surface area contributed by atoms with Crippen LogP contribution in [0, 0.1) is 0 Å². The summed E-state index contributed by atoms with van der Waals surface area (Å²) in [6.45, 7) is 5.22. The van der Waals surface area contributed by atoms with Gasteiger partial charge < -0.3 is 15.0 Å². The van der Waals surface area contributed by atoms with Crippen LogP contribution in [-0.4, -0.2) is 31.6 Å². The first-order chi connectivity index (χ1) is 8.02. The lowest BCUT2D eigenvalue weighted by Crippen LogP contribution is -2.59. The van der Waals surface area contributed by atoms with Crippen LogP contribution in [0.15, 0.2) is 24.3 Å². The lowest BCUT2D eigenvalue weighted by atomic mass is 10.0. The quantitative estimate of drug-likeness (QED) is 0.841. The Morgan fingerprint density at radius 2 is 2.18 bits per heavy atom. The fourth-order valence-corrected chi connectivity index (χ4v) is 1.96. The number of piperazine rings is 1. The van der Waals surface area contributed by atoms with Crippen molar-refractivity contribution in [2.45, 2.75) is 19.4 Å². The number of carbonyl (C=O) groups excluding carboxylic acids is 1. The smallest absolute Gasteiger partial charge is 0.241 e. The fourth-order valence-electron chi connectivity index (χ4n) is 1.96. The number of amides is 1. The standard InChI is InChI=1S/C13H18N2O2/c1-13(2)9-15(12(16)8-14-13)10-5-4-6-11(7-10)17-3/h4-7,14H,8-9H2,1-3H3. The van der Waals surface area contributed by atoms with E-state index in [9.17, 15) is 4.79 Å². The van der Waals surface area contributed by atoms with Gasteiger partial charge in [0, 0.05) is 23.8 Å². The molecule has 1 N–H and O–H groups in total. The van der Waals surface area contributed by atoms with E-state index in [-0.39, 0.29) is 11.4 Å². The van der Waals surface area contributed by atoms with Crippen LogP contribution in [0.1, 0.15) is 13.8 Å². The Morgan fingerprint density at radius 3 is 2.88 bits per heavy atom. The summed E-state index contributed by atoms with van der Waals surface area (Å²) in [4.78, 5) is 13.7. The van der Waals surface area contributed by atoms with Crippen LogP contribution in [-0.2, 0) is 4.79 Å². The molecule has 2 rings (SSSR count). The molecule has 1 saturated heterocycles. The van der Waals surface area contributed by atoms with Gasteiger partial charge in [-0.25, -0.2) is 0 Å². The molecule has 0 atom stereocenters. The van der Waals surface area contributed by atoms with Crippen molar-refractivity contribution in [1.29, 1.82) is 0 Å². The minimum atomic E-state index is -0.0585. The molecule has 0 unspecified atom stereocenters. The largest absolute Gasteiger partial charge is 0.497 e. The molecule has 1 aliphatic rings. The molecule has 0 aromatic heterocycles. The molecular weight excluding hydrogens is 216 g/mol. The molecule has 0 aliphatic carbocycles. The summed E-state index contributed by atoms with van der Waals surface area (Å²) in [7, 11) is 1.63. The summed E-state index contributed by atoms with van der Waals surface area (Å²) in [5.41, 5.74) is 0.834. The molecule has 4 nitrogen and oxygen atoms in total. The average Bonchev–Trinajstić information content (AvgIpc) is 2.32. The van der Waals surface area contributed by atoms with Gasteiger partial charge in [-0.05, 0) is 26.0 Å². The van der Waals surface area contributed by atoms with Crippen molar-refractivity contribution >= 4 is 11.6 Å². The van der Waals surface area contributed by atoms with Gasteiger partial charge in [-0.3, -0.25) is 4.79 Å². The maximum Gasteiger partial charge on any atom is 0.241 e. The number of nitrogens with one attached hydrogen (secondary N) is 1. The molecule has 1 amide bonds. The maximum absolute atomic E-state index is 11.9. The molecule has 92 valence electrons. The lowest BCUT2D eigenvalue weighted by molar-refractivity contribution is -0.119. The Labute approximate surface area is 102 Å². The van der Waals surface area contributed by atoms with Crippen molar-refractivity contribution < 1.29 is 9.53 Å². The first-order valence-electron chi connectivity index (χ1n) is 5.71. The third-order valence-corrected chi connectivity index (χ3v) is 2.94. The fraction of sp³-hybridized carbons (Fsp3) is 0.462. The molecule has 0 saturated carbocycles. The first kappa shape index (κ1) is 11.9. The van der Waals surface area contributed by atoms with E-state index in [4.69, 9.17) is 4.74 Å². The number of hydrogen-bond acceptors (Lipinski definition) is 3. The number of methoxy groups -OCH3 is 1. The highest BCUT2D eigenvalue weighted by Crippen LogP contribution is 2.24. The Balaban J connectivity index is 2.27. The summed E-state index contributed by atoms with van der Waals surface area (Å²) in [6, 6.07) is 7.60. The Kier molecular flexibility index (Phi) is 3.07. The van der Waals surface area contributed by atoms with E-state index in [1.807, 2.05) is 24.3 Å². The summed E-state index contributed by atoms with van der Waals surface area (Å²) < 4.78 is 5.18. The second kappa shape index (κ2) is 4.37. The SMILES string of the molecule is COc1cccc(N2CC(C)(C)NCC2=O)c1. The molecule has 1 aliphatic heterocycles. The van der Waals surface area contributed by atoms with E-state index >= 15 is 0 Å². The zero-order valence-corrected chi connectivity index (χ0v) is 10.5. The van der Waals surface area contributed by atoms with Gasteiger partial charge >= 0.3 is 0 Å². The zero-order chi connectivity index (χ0) is 12.5. The monoisotopic (exact) mass is 234 g/mol. The highest BCUT2D eigenvalue weighted by Gasteiger charge is 2.31. The third kappa shape index (κ3) is 2.58. The van der Waals surface area contributed by atoms with E-state index in [1.165, 1.54) is 0 Å². The number of nitrogens with zero attached hydrogens (tertiary/aromatic N) is 1. The Hall–Kier alpha value is -1.55. The minimum Gasteiger partial charge on any atom is -0.497 e. The lowest BCUT2D eigenvalue weighted by Gasteiger charge is -2.38. The van der Waals surface area contributed by atoms with Crippen LogP contribution < -0.4 is 15.0 Å². The van der Waals surface area contributed by atoms with Gasteiger partial charge in [0.15, 0.2) is 0 Å². The molecule has 1 heterocycles. The number of hydrogen-bond donors (Lipinski definition) is 1. The topological polar surface area (TPSA) is 41.6 Å². The molecule has 0 radical (unpaired) electrons. The van der Waals surface area contributed by atoms with Gasteiger partial charge in [-0.1, -0.05) is 6.07 Å². The van der Waals surface area contributed by atoms with Crippen molar-refractivity contribution in [3.8, 4) is 5.75 Å². The van der Waals surface area contributed by atoms with Crippen LogP contribution in [0.2, 0.25) is 0 Å². The van der Waals surface area contributed by atoms with Crippen LogP contribution in [0.4, 0.5) is 5.69 Å². The minimum absolute atomic E-state index is 0.0585. The highest BCUT2D eigenvalue weighted by molar-refractivity contribution is 5.96. The molecule has 4 heteroatoms. The van der Waals surface area contributed by atoms with Gasteiger partial charge in [-0.15, -0.1) is 0 Å². The Morgan fingerprint density at radius 1 is 1.41 bits per heavy atom. The van der Waals surface area contributed by atoms with Crippen LogP contribution in [0.3, 0.4) is 0 Å². The number of carbonyl (C=O) groups is 1. The predicted octanol–water partition coefficient (Wildman–Crippen LogP) is 1.41. The van der Waals surface area contributed by atoms with Crippen molar-refractivity contribution in [2.24, 2.45) is 0 Å². The summed E-state index contributed by atoms with van der Waals surface area (Å²) in [5, 5.41) is 3.21. The van der Waals surface area contributed by atoms with E-state index in [0.29, 0.717) is 13.1 Å². The number of rotatable bonds is 2. The molecule has 0 bridgehead atoms. The summed E-state index contributed by atoms with van der Waals surface area (Å²) >= 11 is 0. The van der Waals surface area contributed by atoms with E-state index in [2.05, 4.69) is 19.2 Å². The Bertz CT molecular complexity index is 429. The molecule has 1 aromatic carbocycles. The van der Waals surface area contributed by atoms with Crippen molar-refractivity contribution in [3.05, 3.63) is 24.3 Å². The molecule has 17 heavy (non-hydrogen) atoms. The second-order valence-electron chi connectivity index (χ2n) is 4.92. The van der Waals surface area contributed by atoms with Crippen molar-refractivity contribution in [2.75, 3.05) is 25.1 Å². The summed E-state index contributed by atoms with van der Waals surface area (Å²) in [6.07, 6.45) is 0. The van der Waals surface area contributed by atoms with Crippen molar-refractivity contribution in [1.82, 2.24) is 5.32 Å². The van der Waals surface area contributed by atoms with Crippen LogP contribution in [0.25, 0.3) is 0 Å². The van der Waals surface area contributed by atoms with Gasteiger partial charge in [0.25, 0.3) is 0 Å². The van der Waals surface area contributed by atoms with E-state index < -0.39 is 0 Å². The van der Waals surface area contributed by atoms with Crippen molar-refractivity contribution in [3.63, 3.8) is 0 Å². The van der Waals surface area contributed by atoms with E-state index in [1.54, 1.807) is 12.0 Å². The average molecular weight is 234 g/mol. The first-order valence-corrected chi connectivity index (χ1v) is 5.71. The summed E-state index contributed by atoms with van der Waals surface area (Å²) in [5.74, 6) is 0.865. The van der Waals surface area contributed by atoms with Gasteiger partial charge in [0.2, 0.25) is 5.91 Å². The zero-order valence-electron chi connectivity index (χ0n) is 10.5. The number of benzene rings is 1. The highest BCUT2D eigenvalue weighted by atomic mass is 16.5. The molecular formula is C13H18N2O2.